The number of fused-ring (bicyclic) bond motifs is 1. The van der Waals surface area contributed by atoms with Crippen molar-refractivity contribution < 1.29 is 23.8 Å². The number of hydrogen-bond donors (Lipinski definition) is 1. The van der Waals surface area contributed by atoms with Crippen molar-refractivity contribution in [3.63, 3.8) is 0 Å². The van der Waals surface area contributed by atoms with Crippen molar-refractivity contribution in [2.45, 2.75) is 19.1 Å². The number of amides is 2. The summed E-state index contributed by atoms with van der Waals surface area (Å²) in [6, 6.07) is 7.34. The van der Waals surface area contributed by atoms with E-state index in [1.807, 2.05) is 25.1 Å². The van der Waals surface area contributed by atoms with Gasteiger partial charge in [-0.1, -0.05) is 12.1 Å². The third-order valence-corrected chi connectivity index (χ3v) is 5.71. The fourth-order valence-corrected chi connectivity index (χ4v) is 3.95. The first kappa shape index (κ1) is 21.9. The van der Waals surface area contributed by atoms with Crippen molar-refractivity contribution in [2.75, 3.05) is 46.4 Å². The molecule has 1 aromatic carbocycles. The van der Waals surface area contributed by atoms with E-state index in [-0.39, 0.29) is 17.9 Å². The zero-order valence-corrected chi connectivity index (χ0v) is 18.6. The number of carbonyl (C=O) groups is 2. The number of para-hydroxylation sites is 2. The quantitative estimate of drug-likeness (QED) is 0.696. The average Bonchev–Trinajstić information content (AvgIpc) is 3.19. The predicted octanol–water partition coefficient (Wildman–Crippen LogP) is 0.531. The van der Waals surface area contributed by atoms with Crippen molar-refractivity contribution in [1.82, 2.24) is 24.9 Å². The highest BCUT2D eigenvalue weighted by molar-refractivity contribution is 5.96. The van der Waals surface area contributed by atoms with Gasteiger partial charge in [-0.2, -0.15) is 0 Å². The summed E-state index contributed by atoms with van der Waals surface area (Å²) in [7, 11) is 3.27. The molecule has 0 bridgehead atoms. The zero-order chi connectivity index (χ0) is 22.7. The minimum absolute atomic E-state index is 0.0772. The lowest BCUT2D eigenvalue weighted by Gasteiger charge is -2.35. The van der Waals surface area contributed by atoms with Gasteiger partial charge in [0.2, 0.25) is 12.0 Å². The third kappa shape index (κ3) is 4.64. The van der Waals surface area contributed by atoms with Crippen LogP contribution in [0.1, 0.15) is 17.3 Å². The highest BCUT2D eigenvalue weighted by Crippen LogP contribution is 2.33. The second-order valence-electron chi connectivity index (χ2n) is 7.96. The fraction of sp³-hybridized carbons (Fsp3) is 0.500. The number of methoxy groups -OCH3 is 1. The molecule has 32 heavy (non-hydrogen) atoms. The van der Waals surface area contributed by atoms with E-state index >= 15 is 0 Å². The molecule has 4 rings (SSSR count). The Bertz CT molecular complexity index is 969. The standard InChI is InChI=1S/C22H29N5O5/c1-15-19(32-18-7-5-4-6-17(18)31-15)20(28)23-8-9-26-10-12-27(13-11-26)22(29)16-14-25(2)24-21(16)30-3/h4-7,14-15,19H,8-13H2,1-3H3,(H,23,28). The van der Waals surface area contributed by atoms with Crippen LogP contribution in [0.4, 0.5) is 0 Å². The lowest BCUT2D eigenvalue weighted by molar-refractivity contribution is -0.133. The van der Waals surface area contributed by atoms with Gasteiger partial charge < -0.3 is 24.4 Å². The van der Waals surface area contributed by atoms with Gasteiger partial charge in [0.05, 0.1) is 7.11 Å². The summed E-state index contributed by atoms with van der Waals surface area (Å²) in [6.45, 7) is 5.71. The molecule has 2 amide bonds. The van der Waals surface area contributed by atoms with Gasteiger partial charge in [-0.05, 0) is 19.1 Å². The van der Waals surface area contributed by atoms with Gasteiger partial charge >= 0.3 is 0 Å². The topological polar surface area (TPSA) is 98.2 Å². The summed E-state index contributed by atoms with van der Waals surface area (Å²) in [5, 5.41) is 7.10. The molecule has 10 heteroatoms. The SMILES string of the molecule is COc1nn(C)cc1C(=O)N1CCN(CCNC(=O)C2Oc3ccccc3OC2C)CC1. The fourth-order valence-electron chi connectivity index (χ4n) is 3.95. The molecular formula is C22H29N5O5. The highest BCUT2D eigenvalue weighted by atomic mass is 16.6. The minimum Gasteiger partial charge on any atom is -0.482 e. The Morgan fingerprint density at radius 3 is 2.53 bits per heavy atom. The Balaban J connectivity index is 1.22. The number of aromatic nitrogens is 2. The van der Waals surface area contributed by atoms with Gasteiger partial charge in [-0.3, -0.25) is 19.2 Å². The van der Waals surface area contributed by atoms with Crippen molar-refractivity contribution in [1.29, 1.82) is 0 Å². The van der Waals surface area contributed by atoms with Gasteiger partial charge in [0.25, 0.3) is 11.8 Å². The van der Waals surface area contributed by atoms with Crippen LogP contribution < -0.4 is 19.5 Å². The van der Waals surface area contributed by atoms with Crippen molar-refractivity contribution in [3.8, 4) is 17.4 Å². The Hall–Kier alpha value is -3.27. The van der Waals surface area contributed by atoms with E-state index in [9.17, 15) is 9.59 Å². The van der Waals surface area contributed by atoms with Crippen LogP contribution in [0.3, 0.4) is 0 Å². The van der Waals surface area contributed by atoms with Gasteiger partial charge in [-0.15, -0.1) is 5.10 Å². The largest absolute Gasteiger partial charge is 0.482 e. The van der Waals surface area contributed by atoms with Gasteiger partial charge in [0.15, 0.2) is 11.5 Å². The molecule has 0 aliphatic carbocycles. The number of benzene rings is 1. The molecule has 0 spiro atoms. The predicted molar refractivity (Wildman–Crippen MR) is 116 cm³/mol. The number of nitrogens with one attached hydrogen (secondary N) is 1. The number of hydrogen-bond acceptors (Lipinski definition) is 7. The van der Waals surface area contributed by atoms with Crippen LogP contribution in [-0.2, 0) is 11.8 Å². The summed E-state index contributed by atoms with van der Waals surface area (Å²) < 4.78 is 18.4. The van der Waals surface area contributed by atoms with E-state index in [1.54, 1.807) is 28.9 Å². The van der Waals surface area contributed by atoms with E-state index < -0.39 is 6.10 Å². The first-order valence-corrected chi connectivity index (χ1v) is 10.8. The minimum atomic E-state index is -0.686. The Kier molecular flexibility index (Phi) is 6.50. The molecule has 172 valence electrons. The number of nitrogens with zero attached hydrogens (tertiary/aromatic N) is 4. The van der Waals surface area contributed by atoms with Crippen molar-refractivity contribution >= 4 is 11.8 Å². The maximum atomic E-state index is 12.8. The molecule has 2 atom stereocenters. The number of carbonyl (C=O) groups excluding carboxylic acids is 2. The number of aryl methyl sites for hydroxylation is 1. The maximum absolute atomic E-state index is 12.8. The molecule has 2 unspecified atom stereocenters. The lowest BCUT2D eigenvalue weighted by atomic mass is 10.1. The lowest BCUT2D eigenvalue weighted by Crippen LogP contribution is -2.52. The monoisotopic (exact) mass is 443 g/mol. The van der Waals surface area contributed by atoms with E-state index in [0.29, 0.717) is 49.1 Å². The van der Waals surface area contributed by atoms with E-state index in [2.05, 4.69) is 15.3 Å². The Morgan fingerprint density at radius 2 is 1.84 bits per heavy atom. The van der Waals surface area contributed by atoms with Crippen LogP contribution in [0, 0.1) is 0 Å². The second kappa shape index (κ2) is 9.47. The van der Waals surface area contributed by atoms with E-state index in [0.717, 1.165) is 13.1 Å². The van der Waals surface area contributed by atoms with Gasteiger partial charge in [0.1, 0.15) is 11.7 Å². The molecule has 1 aromatic heterocycles. The summed E-state index contributed by atoms with van der Waals surface area (Å²) in [4.78, 5) is 29.4. The third-order valence-electron chi connectivity index (χ3n) is 5.71. The molecule has 3 heterocycles. The van der Waals surface area contributed by atoms with Crippen LogP contribution in [0.5, 0.6) is 17.4 Å². The van der Waals surface area contributed by atoms with Gasteiger partial charge in [0, 0.05) is 52.5 Å². The molecule has 1 saturated heterocycles. The molecular weight excluding hydrogens is 414 g/mol. The molecule has 0 saturated carbocycles. The van der Waals surface area contributed by atoms with E-state index in [1.165, 1.54) is 7.11 Å². The summed E-state index contributed by atoms with van der Waals surface area (Å²) in [5.41, 5.74) is 0.473. The van der Waals surface area contributed by atoms with Crippen LogP contribution in [-0.4, -0.2) is 90.0 Å². The van der Waals surface area contributed by atoms with Crippen LogP contribution in [0.15, 0.2) is 30.5 Å². The number of ether oxygens (including phenoxy) is 3. The van der Waals surface area contributed by atoms with Crippen molar-refractivity contribution in [2.24, 2.45) is 7.05 Å². The molecule has 2 aliphatic heterocycles. The zero-order valence-electron chi connectivity index (χ0n) is 18.6. The number of rotatable bonds is 6. The van der Waals surface area contributed by atoms with Gasteiger partial charge in [-0.25, -0.2) is 0 Å². The highest BCUT2D eigenvalue weighted by Gasteiger charge is 2.34. The van der Waals surface area contributed by atoms with E-state index in [4.69, 9.17) is 14.2 Å². The molecule has 0 radical (unpaired) electrons. The first-order valence-electron chi connectivity index (χ1n) is 10.8. The molecule has 1 N–H and O–H groups in total. The summed E-state index contributed by atoms with van der Waals surface area (Å²) in [5.74, 6) is 1.31. The summed E-state index contributed by atoms with van der Waals surface area (Å²) >= 11 is 0. The average molecular weight is 444 g/mol. The summed E-state index contributed by atoms with van der Waals surface area (Å²) in [6.07, 6.45) is 0.622. The maximum Gasteiger partial charge on any atom is 0.265 e. The second-order valence-corrected chi connectivity index (χ2v) is 7.96. The Morgan fingerprint density at radius 1 is 1.16 bits per heavy atom. The first-order chi connectivity index (χ1) is 15.5. The Labute approximate surface area is 187 Å². The van der Waals surface area contributed by atoms with Crippen molar-refractivity contribution in [3.05, 3.63) is 36.0 Å². The normalized spacial score (nSPS) is 20.7. The van der Waals surface area contributed by atoms with Crippen LogP contribution >= 0.6 is 0 Å². The number of piperazine rings is 1. The molecule has 2 aliphatic rings. The molecule has 1 fully saturated rings. The smallest absolute Gasteiger partial charge is 0.265 e. The molecule has 10 nitrogen and oxygen atoms in total. The molecule has 2 aromatic rings. The van der Waals surface area contributed by atoms with Crippen LogP contribution in [0.2, 0.25) is 0 Å². The van der Waals surface area contributed by atoms with Crippen LogP contribution in [0.25, 0.3) is 0 Å².